The molecular formula is C52H60N2O10. The highest BCUT2D eigenvalue weighted by atomic mass is 16.6. The first-order valence-corrected chi connectivity index (χ1v) is 21.8. The second-order valence-corrected chi connectivity index (χ2v) is 16.8. The highest BCUT2D eigenvalue weighted by Gasteiger charge is 2.53. The lowest BCUT2D eigenvalue weighted by Gasteiger charge is -2.52. The minimum absolute atomic E-state index is 0.000393. The van der Waals surface area contributed by atoms with Crippen molar-refractivity contribution in [3.8, 4) is 0 Å². The number of alkyl carbamates (subject to hydrolysis) is 1. The van der Waals surface area contributed by atoms with E-state index in [2.05, 4.69) is 5.32 Å². The number of carboxylic acid groups (broad SMARTS) is 1. The third kappa shape index (κ3) is 14.8. The molecule has 1 aliphatic heterocycles. The number of hydrogen-bond acceptors (Lipinski definition) is 9. The van der Waals surface area contributed by atoms with Crippen molar-refractivity contribution < 1.29 is 47.9 Å². The maximum Gasteiger partial charge on any atom is 0.410 e. The van der Waals surface area contributed by atoms with Crippen LogP contribution < -0.4 is 5.32 Å². The Bertz CT molecular complexity index is 2140. The molecule has 64 heavy (non-hydrogen) atoms. The lowest BCUT2D eigenvalue weighted by molar-refractivity contribution is -0.224. The molecule has 12 heteroatoms. The van der Waals surface area contributed by atoms with Gasteiger partial charge >= 0.3 is 18.2 Å². The Balaban J connectivity index is 1.41. The Labute approximate surface area is 376 Å². The molecule has 0 bridgehead atoms. The van der Waals surface area contributed by atoms with Gasteiger partial charge in [0.1, 0.15) is 36.6 Å². The number of amides is 2. The highest BCUT2D eigenvalue weighted by Crippen LogP contribution is 2.36. The molecule has 12 nitrogen and oxygen atoms in total. The molecule has 6 rings (SSSR count). The SMILES string of the molecule is CC(C)(C)OC(=O)N[C@@H](CCC[C@H]1[C@H](OCc2ccccc2)[C@@H](OCc2ccccc2)[C@@H](OCc2ccccc2)[C@H](COCc2ccccc2)N1C(=O)OCc1ccccc1)C(=O)O. The zero-order valence-electron chi connectivity index (χ0n) is 36.8. The number of nitrogens with one attached hydrogen (secondary N) is 1. The maximum absolute atomic E-state index is 15.0. The topological polar surface area (TPSA) is 142 Å². The molecule has 0 unspecified atom stereocenters. The van der Waals surface area contributed by atoms with Gasteiger partial charge in [0.15, 0.2) is 0 Å². The van der Waals surface area contributed by atoms with E-state index >= 15 is 0 Å². The molecule has 0 aromatic heterocycles. The fourth-order valence-electron chi connectivity index (χ4n) is 7.74. The number of aliphatic carboxylic acids is 1. The third-order valence-electron chi connectivity index (χ3n) is 10.8. The first-order valence-electron chi connectivity index (χ1n) is 21.8. The molecule has 0 aliphatic carbocycles. The van der Waals surface area contributed by atoms with Crippen molar-refractivity contribution in [1.82, 2.24) is 10.2 Å². The molecule has 338 valence electrons. The van der Waals surface area contributed by atoms with Crippen LogP contribution in [0.4, 0.5) is 9.59 Å². The summed E-state index contributed by atoms with van der Waals surface area (Å²) >= 11 is 0. The number of piperidine rings is 1. The monoisotopic (exact) mass is 872 g/mol. The zero-order chi connectivity index (χ0) is 45.2. The Kier molecular flexibility index (Phi) is 17.9. The molecule has 6 atom stereocenters. The lowest BCUT2D eigenvalue weighted by atomic mass is 9.84. The Morgan fingerprint density at radius 2 is 0.984 bits per heavy atom. The minimum atomic E-state index is -1.27. The second kappa shape index (κ2) is 24.1. The van der Waals surface area contributed by atoms with Gasteiger partial charge in [-0.3, -0.25) is 4.90 Å². The third-order valence-corrected chi connectivity index (χ3v) is 10.8. The van der Waals surface area contributed by atoms with Gasteiger partial charge in [0.25, 0.3) is 0 Å². The summed E-state index contributed by atoms with van der Waals surface area (Å²) < 4.78 is 38.9. The molecular weight excluding hydrogens is 813 g/mol. The molecule has 2 amide bonds. The molecule has 5 aromatic rings. The lowest BCUT2D eigenvalue weighted by Crippen LogP contribution is -2.70. The number of benzene rings is 5. The van der Waals surface area contributed by atoms with Gasteiger partial charge in [-0.05, 0) is 67.9 Å². The van der Waals surface area contributed by atoms with Crippen molar-refractivity contribution in [2.24, 2.45) is 0 Å². The molecule has 0 saturated carbocycles. The molecule has 1 heterocycles. The number of ether oxygens (including phenoxy) is 6. The number of likely N-dealkylation sites (tertiary alicyclic amines) is 1. The number of hydrogen-bond donors (Lipinski definition) is 2. The van der Waals surface area contributed by atoms with Crippen LogP contribution >= 0.6 is 0 Å². The van der Waals surface area contributed by atoms with Crippen molar-refractivity contribution in [3.05, 3.63) is 179 Å². The van der Waals surface area contributed by atoms with E-state index in [0.717, 1.165) is 27.8 Å². The second-order valence-electron chi connectivity index (χ2n) is 16.8. The van der Waals surface area contributed by atoms with Crippen molar-refractivity contribution in [2.45, 2.75) is 115 Å². The molecule has 2 N–H and O–H groups in total. The van der Waals surface area contributed by atoms with Crippen molar-refractivity contribution in [1.29, 1.82) is 0 Å². The Morgan fingerprint density at radius 3 is 1.42 bits per heavy atom. The smallest absolute Gasteiger partial charge is 0.410 e. The summed E-state index contributed by atoms with van der Waals surface area (Å²) in [5, 5.41) is 12.8. The van der Waals surface area contributed by atoms with Crippen molar-refractivity contribution in [3.63, 3.8) is 0 Å². The van der Waals surface area contributed by atoms with Crippen molar-refractivity contribution in [2.75, 3.05) is 6.61 Å². The van der Waals surface area contributed by atoms with Gasteiger partial charge in [0, 0.05) is 0 Å². The summed E-state index contributed by atoms with van der Waals surface area (Å²) in [4.78, 5) is 42.0. The van der Waals surface area contributed by atoms with Crippen LogP contribution in [0.15, 0.2) is 152 Å². The largest absolute Gasteiger partial charge is 0.480 e. The number of carbonyl (C=O) groups is 3. The fourth-order valence-corrected chi connectivity index (χ4v) is 7.74. The van der Waals surface area contributed by atoms with E-state index in [4.69, 9.17) is 28.4 Å². The van der Waals surface area contributed by atoms with Crippen molar-refractivity contribution >= 4 is 18.2 Å². The van der Waals surface area contributed by atoms with E-state index in [9.17, 15) is 19.5 Å². The van der Waals surface area contributed by atoms with E-state index < -0.39 is 60.2 Å². The summed E-state index contributed by atoms with van der Waals surface area (Å²) in [6.45, 7) is 6.02. The fraction of sp³-hybridized carbons (Fsp3) is 0.365. The van der Waals surface area contributed by atoms with Gasteiger partial charge in [0.2, 0.25) is 0 Å². The van der Waals surface area contributed by atoms with Gasteiger partial charge < -0.3 is 38.8 Å². The van der Waals surface area contributed by atoms with E-state index in [0.29, 0.717) is 0 Å². The minimum Gasteiger partial charge on any atom is -0.480 e. The van der Waals surface area contributed by atoms with Crippen LogP contribution in [0.1, 0.15) is 67.9 Å². The number of carbonyl (C=O) groups excluding carboxylic acids is 2. The molecule has 5 aromatic carbocycles. The summed E-state index contributed by atoms with van der Waals surface area (Å²) in [5.41, 5.74) is 3.69. The standard InChI is InChI=1S/C52H60N2O10/c1-52(2,3)64-50(57)53-43(49(55)56)30-19-31-44-46(60-33-39-22-11-5-12-23-39)48(62-35-41-26-15-7-16-27-41)47(61-34-40-24-13-6-14-25-40)45(37-59-32-38-20-9-4-10-21-38)54(44)51(58)63-36-42-28-17-8-18-29-42/h4-18,20-29,43-48H,19,30-37H2,1-3H3,(H,53,57)(H,55,56)/t43-,44-,45-,46-,47-,48+/m0/s1. The molecule has 1 fully saturated rings. The van der Waals surface area contributed by atoms with Gasteiger partial charge in [0.05, 0.1) is 45.1 Å². The number of carboxylic acids is 1. The van der Waals surface area contributed by atoms with Gasteiger partial charge in [-0.1, -0.05) is 152 Å². The van der Waals surface area contributed by atoms with E-state index in [-0.39, 0.29) is 58.9 Å². The van der Waals surface area contributed by atoms with E-state index in [1.54, 1.807) is 25.7 Å². The molecule has 0 radical (unpaired) electrons. The first-order chi connectivity index (χ1) is 31.0. The average molecular weight is 873 g/mol. The van der Waals surface area contributed by atoms with Crippen LogP contribution in [0, 0.1) is 0 Å². The number of rotatable bonds is 21. The van der Waals surface area contributed by atoms with Crippen LogP contribution in [0.5, 0.6) is 0 Å². The predicted octanol–water partition coefficient (Wildman–Crippen LogP) is 9.50. The van der Waals surface area contributed by atoms with E-state index in [1.807, 2.05) is 152 Å². The number of nitrogens with zero attached hydrogens (tertiary/aromatic N) is 1. The van der Waals surface area contributed by atoms with E-state index in [1.165, 1.54) is 0 Å². The van der Waals surface area contributed by atoms with Gasteiger partial charge in [-0.15, -0.1) is 0 Å². The predicted molar refractivity (Wildman–Crippen MR) is 242 cm³/mol. The quantitative estimate of drug-likeness (QED) is 0.0733. The Morgan fingerprint density at radius 1 is 0.578 bits per heavy atom. The van der Waals surface area contributed by atoms with Gasteiger partial charge in [-0.25, -0.2) is 14.4 Å². The average Bonchev–Trinajstić information content (AvgIpc) is 3.30. The summed E-state index contributed by atoms with van der Waals surface area (Å²) in [7, 11) is 0. The van der Waals surface area contributed by atoms with Crippen LogP contribution in [0.3, 0.4) is 0 Å². The van der Waals surface area contributed by atoms with Crippen LogP contribution in [0.2, 0.25) is 0 Å². The normalized spacial score (nSPS) is 19.0. The molecule has 1 saturated heterocycles. The summed E-state index contributed by atoms with van der Waals surface area (Å²) in [6.07, 6.45) is -3.32. The maximum atomic E-state index is 15.0. The molecule has 1 aliphatic rings. The molecule has 0 spiro atoms. The van der Waals surface area contributed by atoms with Crippen LogP contribution in [0.25, 0.3) is 0 Å². The first kappa shape index (κ1) is 47.4. The van der Waals surface area contributed by atoms with Crippen LogP contribution in [-0.4, -0.2) is 76.8 Å². The summed E-state index contributed by atoms with van der Waals surface area (Å²) in [6, 6.07) is 45.7. The summed E-state index contributed by atoms with van der Waals surface area (Å²) in [5.74, 6) is -1.21. The van der Waals surface area contributed by atoms with Crippen LogP contribution in [-0.2, 0) is 66.3 Å². The zero-order valence-corrected chi connectivity index (χ0v) is 36.8. The van der Waals surface area contributed by atoms with Gasteiger partial charge in [-0.2, -0.15) is 0 Å². The highest BCUT2D eigenvalue weighted by molar-refractivity contribution is 5.80. The Hall–Kier alpha value is -6.05.